The second kappa shape index (κ2) is 5.02. The molecule has 2 rings (SSSR count). The molecule has 0 radical (unpaired) electrons. The number of hydrogen-bond acceptors (Lipinski definition) is 2. The lowest BCUT2D eigenvalue weighted by molar-refractivity contribution is 0.238. The summed E-state index contributed by atoms with van der Waals surface area (Å²) in [6.45, 7) is 8.84. The lowest BCUT2D eigenvalue weighted by Crippen LogP contribution is -2.38. The highest BCUT2D eigenvalue weighted by atomic mass is 15.1. The van der Waals surface area contributed by atoms with E-state index in [-0.39, 0.29) is 0 Å². The summed E-state index contributed by atoms with van der Waals surface area (Å²) in [4.78, 5) is 2.37. The van der Waals surface area contributed by atoms with Crippen molar-refractivity contribution in [1.82, 2.24) is 0 Å². The SMILES string of the molecule is CCC1(C)CCN(c2ccc(C)cc2C#N)CC1. The number of aryl methyl sites for hydroxylation is 1. The van der Waals surface area contributed by atoms with Crippen LogP contribution in [0.25, 0.3) is 0 Å². The van der Waals surface area contributed by atoms with Gasteiger partial charge in [-0.3, -0.25) is 0 Å². The van der Waals surface area contributed by atoms with E-state index in [0.717, 1.165) is 29.9 Å². The van der Waals surface area contributed by atoms with Gasteiger partial charge in [-0.1, -0.05) is 26.3 Å². The quantitative estimate of drug-likeness (QED) is 0.787. The molecule has 0 N–H and O–H groups in total. The Labute approximate surface area is 110 Å². The summed E-state index contributed by atoms with van der Waals surface area (Å²) in [5, 5.41) is 9.25. The van der Waals surface area contributed by atoms with E-state index in [4.69, 9.17) is 0 Å². The fourth-order valence-electron chi connectivity index (χ4n) is 2.66. The molecule has 0 unspecified atom stereocenters. The molecule has 1 aromatic carbocycles. The van der Waals surface area contributed by atoms with E-state index < -0.39 is 0 Å². The first-order valence-electron chi connectivity index (χ1n) is 6.84. The largest absolute Gasteiger partial charge is 0.370 e. The minimum absolute atomic E-state index is 0.494. The summed E-state index contributed by atoms with van der Waals surface area (Å²) < 4.78 is 0. The first-order valence-corrected chi connectivity index (χ1v) is 6.84. The van der Waals surface area contributed by atoms with Crippen molar-refractivity contribution in [2.24, 2.45) is 5.41 Å². The van der Waals surface area contributed by atoms with Crippen molar-refractivity contribution in [3.8, 4) is 6.07 Å². The number of anilines is 1. The van der Waals surface area contributed by atoms with Gasteiger partial charge in [0.2, 0.25) is 0 Å². The van der Waals surface area contributed by atoms with Crippen molar-refractivity contribution in [3.05, 3.63) is 29.3 Å². The third-order valence-corrected chi connectivity index (χ3v) is 4.44. The van der Waals surface area contributed by atoms with Crippen LogP contribution in [0, 0.1) is 23.7 Å². The van der Waals surface area contributed by atoms with Gasteiger partial charge in [0.1, 0.15) is 6.07 Å². The predicted molar refractivity (Wildman–Crippen MR) is 75.7 cm³/mol. The monoisotopic (exact) mass is 242 g/mol. The lowest BCUT2D eigenvalue weighted by Gasteiger charge is -2.40. The number of hydrogen-bond donors (Lipinski definition) is 0. The maximum Gasteiger partial charge on any atom is 0.101 e. The highest BCUT2D eigenvalue weighted by Crippen LogP contribution is 2.36. The molecule has 1 aromatic rings. The molecule has 1 aliphatic rings. The fourth-order valence-corrected chi connectivity index (χ4v) is 2.66. The first-order chi connectivity index (χ1) is 8.58. The second-order valence-corrected chi connectivity index (χ2v) is 5.78. The van der Waals surface area contributed by atoms with Gasteiger partial charge in [0.25, 0.3) is 0 Å². The molecule has 2 nitrogen and oxygen atoms in total. The topological polar surface area (TPSA) is 27.0 Å². The molecule has 0 bridgehead atoms. The van der Waals surface area contributed by atoms with Gasteiger partial charge in [-0.2, -0.15) is 5.26 Å². The van der Waals surface area contributed by atoms with Crippen molar-refractivity contribution in [2.45, 2.75) is 40.0 Å². The third kappa shape index (κ3) is 2.51. The Morgan fingerprint density at radius 2 is 2.00 bits per heavy atom. The third-order valence-electron chi connectivity index (χ3n) is 4.44. The Hall–Kier alpha value is -1.49. The van der Waals surface area contributed by atoms with E-state index in [9.17, 15) is 5.26 Å². The molecule has 0 aromatic heterocycles. The average molecular weight is 242 g/mol. The Morgan fingerprint density at radius 1 is 1.33 bits per heavy atom. The molecule has 0 aliphatic carbocycles. The van der Waals surface area contributed by atoms with Gasteiger partial charge in [-0.25, -0.2) is 0 Å². The molecule has 1 saturated heterocycles. The summed E-state index contributed by atoms with van der Waals surface area (Å²) in [6, 6.07) is 8.52. The molecule has 18 heavy (non-hydrogen) atoms. The molecular weight excluding hydrogens is 220 g/mol. The molecule has 1 fully saturated rings. The highest BCUT2D eigenvalue weighted by Gasteiger charge is 2.28. The summed E-state index contributed by atoms with van der Waals surface area (Å²) in [6.07, 6.45) is 3.70. The Balaban J connectivity index is 2.18. The van der Waals surface area contributed by atoms with Crippen LogP contribution in [-0.2, 0) is 0 Å². The smallest absolute Gasteiger partial charge is 0.101 e. The van der Waals surface area contributed by atoms with E-state index in [1.165, 1.54) is 19.3 Å². The minimum atomic E-state index is 0.494. The van der Waals surface area contributed by atoms with Crippen LogP contribution in [0.1, 0.15) is 44.2 Å². The summed E-state index contributed by atoms with van der Waals surface area (Å²) in [7, 11) is 0. The standard InChI is InChI=1S/C16H22N2/c1-4-16(3)7-9-18(10-8-16)15-6-5-13(2)11-14(15)12-17/h5-6,11H,4,7-10H2,1-3H3. The van der Waals surface area contributed by atoms with Crippen LogP contribution < -0.4 is 4.90 Å². The summed E-state index contributed by atoms with van der Waals surface area (Å²) in [5.74, 6) is 0. The van der Waals surface area contributed by atoms with Crippen molar-refractivity contribution < 1.29 is 0 Å². The van der Waals surface area contributed by atoms with Crippen LogP contribution in [0.15, 0.2) is 18.2 Å². The molecule has 96 valence electrons. The molecule has 0 spiro atoms. The van der Waals surface area contributed by atoms with Crippen molar-refractivity contribution in [2.75, 3.05) is 18.0 Å². The number of rotatable bonds is 2. The zero-order valence-electron chi connectivity index (χ0n) is 11.7. The van der Waals surface area contributed by atoms with Crippen LogP contribution in [-0.4, -0.2) is 13.1 Å². The summed E-state index contributed by atoms with van der Waals surface area (Å²) in [5.41, 5.74) is 3.58. The zero-order chi connectivity index (χ0) is 13.2. The highest BCUT2D eigenvalue weighted by molar-refractivity contribution is 5.60. The molecule has 2 heteroatoms. The van der Waals surface area contributed by atoms with Gasteiger partial charge >= 0.3 is 0 Å². The number of benzene rings is 1. The van der Waals surface area contributed by atoms with E-state index in [1.807, 2.05) is 13.0 Å². The molecule has 0 saturated carbocycles. The molecule has 0 atom stereocenters. The number of piperidine rings is 1. The van der Waals surface area contributed by atoms with Gasteiger partial charge in [0.05, 0.1) is 11.3 Å². The van der Waals surface area contributed by atoms with Crippen molar-refractivity contribution in [1.29, 1.82) is 5.26 Å². The van der Waals surface area contributed by atoms with Crippen LogP contribution in [0.4, 0.5) is 5.69 Å². The van der Waals surface area contributed by atoms with Gasteiger partial charge in [0, 0.05) is 13.1 Å². The van der Waals surface area contributed by atoms with Crippen molar-refractivity contribution >= 4 is 5.69 Å². The van der Waals surface area contributed by atoms with E-state index in [2.05, 4.69) is 36.9 Å². The maximum atomic E-state index is 9.25. The normalized spacial score (nSPS) is 18.4. The minimum Gasteiger partial charge on any atom is -0.370 e. The van der Waals surface area contributed by atoms with Crippen LogP contribution in [0.3, 0.4) is 0 Å². The Morgan fingerprint density at radius 3 is 2.56 bits per heavy atom. The maximum absolute atomic E-state index is 9.25. The lowest BCUT2D eigenvalue weighted by atomic mass is 9.78. The van der Waals surface area contributed by atoms with Crippen LogP contribution >= 0.6 is 0 Å². The van der Waals surface area contributed by atoms with Gasteiger partial charge in [0.15, 0.2) is 0 Å². The fraction of sp³-hybridized carbons (Fsp3) is 0.562. The van der Waals surface area contributed by atoms with Crippen molar-refractivity contribution in [3.63, 3.8) is 0 Å². The van der Waals surface area contributed by atoms with Gasteiger partial charge in [-0.05, 0) is 42.9 Å². The average Bonchev–Trinajstić information content (AvgIpc) is 2.40. The molecule has 1 heterocycles. The van der Waals surface area contributed by atoms with E-state index in [1.54, 1.807) is 0 Å². The molecular formula is C16H22N2. The molecule has 1 aliphatic heterocycles. The van der Waals surface area contributed by atoms with Crippen LogP contribution in [0.5, 0.6) is 0 Å². The van der Waals surface area contributed by atoms with Gasteiger partial charge in [-0.15, -0.1) is 0 Å². The Bertz CT molecular complexity index is 462. The second-order valence-electron chi connectivity index (χ2n) is 5.78. The predicted octanol–water partition coefficient (Wildman–Crippen LogP) is 3.88. The number of nitrogens with zero attached hydrogens (tertiary/aromatic N) is 2. The number of nitriles is 1. The van der Waals surface area contributed by atoms with E-state index in [0.29, 0.717) is 5.41 Å². The molecule has 0 amide bonds. The summed E-state index contributed by atoms with van der Waals surface area (Å²) >= 11 is 0. The first kappa shape index (κ1) is 13.0. The van der Waals surface area contributed by atoms with Crippen LogP contribution in [0.2, 0.25) is 0 Å². The van der Waals surface area contributed by atoms with Gasteiger partial charge < -0.3 is 4.90 Å². The Kier molecular flexibility index (Phi) is 3.61. The zero-order valence-corrected chi connectivity index (χ0v) is 11.7. The van der Waals surface area contributed by atoms with E-state index >= 15 is 0 Å².